The maximum absolute atomic E-state index is 13.1. The van der Waals surface area contributed by atoms with E-state index in [4.69, 9.17) is 0 Å². The first-order chi connectivity index (χ1) is 11.3. The monoisotopic (exact) mass is 332 g/mol. The molecule has 2 aromatic carbocycles. The van der Waals surface area contributed by atoms with Gasteiger partial charge in [0.2, 0.25) is 0 Å². The van der Waals surface area contributed by atoms with Crippen LogP contribution in [0.3, 0.4) is 0 Å². The Kier molecular flexibility index (Phi) is 5.27. The van der Waals surface area contributed by atoms with E-state index in [2.05, 4.69) is 6.58 Å². The van der Waals surface area contributed by atoms with Crippen molar-refractivity contribution in [3.8, 4) is 0 Å². The van der Waals surface area contributed by atoms with Crippen molar-refractivity contribution in [2.75, 3.05) is 0 Å². The van der Waals surface area contributed by atoms with Crippen LogP contribution in [-0.4, -0.2) is 5.78 Å². The standard InChI is InChI=1S/C20H19F3O/c1-3-14-19(4-2,18(24)15-8-6-5-7-9-15)16-10-12-17(13-11-16)20(21,22)23/h3,5-13H,1,4,14H2,2H3/t19-/m1/s1. The van der Waals surface area contributed by atoms with E-state index in [-0.39, 0.29) is 5.78 Å². The Labute approximate surface area is 139 Å². The normalized spacial score (nSPS) is 14.0. The Balaban J connectivity index is 2.52. The highest BCUT2D eigenvalue weighted by Crippen LogP contribution is 2.37. The number of Topliss-reactive ketones (excluding diaryl/α,β-unsaturated/α-hetero) is 1. The molecule has 0 aliphatic heterocycles. The molecule has 0 unspecified atom stereocenters. The predicted octanol–water partition coefficient (Wildman–Crippen LogP) is 5.81. The summed E-state index contributed by atoms with van der Waals surface area (Å²) in [4.78, 5) is 13.1. The van der Waals surface area contributed by atoms with E-state index in [0.717, 1.165) is 12.1 Å². The first kappa shape index (κ1) is 18.0. The molecule has 2 rings (SSSR count). The van der Waals surface area contributed by atoms with Gasteiger partial charge in [-0.15, -0.1) is 6.58 Å². The van der Waals surface area contributed by atoms with E-state index in [1.54, 1.807) is 30.3 Å². The number of ketones is 1. The summed E-state index contributed by atoms with van der Waals surface area (Å²) >= 11 is 0. The van der Waals surface area contributed by atoms with Crippen molar-refractivity contribution in [1.29, 1.82) is 0 Å². The van der Waals surface area contributed by atoms with E-state index >= 15 is 0 Å². The van der Waals surface area contributed by atoms with Crippen LogP contribution in [0.5, 0.6) is 0 Å². The highest BCUT2D eigenvalue weighted by Gasteiger charge is 2.38. The molecule has 0 saturated carbocycles. The zero-order chi connectivity index (χ0) is 17.8. The lowest BCUT2D eigenvalue weighted by atomic mass is 9.70. The average Bonchev–Trinajstić information content (AvgIpc) is 2.59. The molecule has 2 aromatic rings. The third-order valence-corrected chi connectivity index (χ3v) is 4.33. The summed E-state index contributed by atoms with van der Waals surface area (Å²) in [6.07, 6.45) is -1.92. The van der Waals surface area contributed by atoms with Crippen molar-refractivity contribution in [2.45, 2.75) is 31.4 Å². The van der Waals surface area contributed by atoms with Crippen LogP contribution in [-0.2, 0) is 11.6 Å². The minimum atomic E-state index is -4.39. The molecule has 0 amide bonds. The number of alkyl halides is 3. The molecule has 0 saturated heterocycles. The molecular weight excluding hydrogens is 313 g/mol. The van der Waals surface area contributed by atoms with Gasteiger partial charge in [0.05, 0.1) is 11.0 Å². The van der Waals surface area contributed by atoms with Crippen LogP contribution in [0.1, 0.15) is 41.3 Å². The zero-order valence-electron chi connectivity index (χ0n) is 13.4. The summed E-state index contributed by atoms with van der Waals surface area (Å²) in [5, 5.41) is 0. The van der Waals surface area contributed by atoms with Crippen LogP contribution in [0.4, 0.5) is 13.2 Å². The summed E-state index contributed by atoms with van der Waals surface area (Å²) in [6.45, 7) is 5.58. The molecule has 0 fully saturated rings. The molecule has 0 N–H and O–H groups in total. The minimum absolute atomic E-state index is 0.106. The third-order valence-electron chi connectivity index (χ3n) is 4.33. The van der Waals surface area contributed by atoms with Crippen molar-refractivity contribution in [3.63, 3.8) is 0 Å². The van der Waals surface area contributed by atoms with Crippen LogP contribution in [0.2, 0.25) is 0 Å². The SMILES string of the molecule is C=CC[C@@](CC)(C(=O)c1ccccc1)c1ccc(C(F)(F)F)cc1. The first-order valence-electron chi connectivity index (χ1n) is 7.73. The molecule has 24 heavy (non-hydrogen) atoms. The summed E-state index contributed by atoms with van der Waals surface area (Å²) in [5.74, 6) is -0.106. The molecular formula is C20H19F3O. The third kappa shape index (κ3) is 3.42. The number of rotatable bonds is 6. The largest absolute Gasteiger partial charge is 0.416 e. The van der Waals surface area contributed by atoms with Gasteiger partial charge in [-0.25, -0.2) is 0 Å². The minimum Gasteiger partial charge on any atom is -0.293 e. The van der Waals surface area contributed by atoms with Gasteiger partial charge in [0.1, 0.15) is 0 Å². The van der Waals surface area contributed by atoms with Crippen molar-refractivity contribution >= 4 is 5.78 Å². The van der Waals surface area contributed by atoms with Crippen LogP contribution in [0.25, 0.3) is 0 Å². The first-order valence-corrected chi connectivity index (χ1v) is 7.73. The number of halogens is 3. The molecule has 1 atom stereocenters. The second-order valence-electron chi connectivity index (χ2n) is 5.70. The molecule has 4 heteroatoms. The van der Waals surface area contributed by atoms with Crippen LogP contribution >= 0.6 is 0 Å². The van der Waals surface area contributed by atoms with Crippen LogP contribution < -0.4 is 0 Å². The molecule has 0 aromatic heterocycles. The zero-order valence-corrected chi connectivity index (χ0v) is 13.4. The molecule has 0 spiro atoms. The number of carbonyl (C=O) groups is 1. The average molecular weight is 332 g/mol. The lowest BCUT2D eigenvalue weighted by Gasteiger charge is -2.31. The number of carbonyl (C=O) groups excluding carboxylic acids is 1. The number of benzene rings is 2. The Morgan fingerprint density at radius 2 is 1.54 bits per heavy atom. The van der Waals surface area contributed by atoms with E-state index in [1.165, 1.54) is 12.1 Å². The quantitative estimate of drug-likeness (QED) is 0.482. The fourth-order valence-electron chi connectivity index (χ4n) is 2.94. The van der Waals surface area contributed by atoms with Gasteiger partial charge in [0, 0.05) is 5.56 Å². The summed E-state index contributed by atoms with van der Waals surface area (Å²) in [7, 11) is 0. The summed E-state index contributed by atoms with van der Waals surface area (Å²) in [5.41, 5.74) is -0.511. The van der Waals surface area contributed by atoms with Gasteiger partial charge in [-0.1, -0.05) is 55.5 Å². The van der Waals surface area contributed by atoms with Crippen molar-refractivity contribution < 1.29 is 18.0 Å². The van der Waals surface area contributed by atoms with Crippen molar-refractivity contribution in [3.05, 3.63) is 83.9 Å². The van der Waals surface area contributed by atoms with Gasteiger partial charge in [-0.2, -0.15) is 13.2 Å². The Morgan fingerprint density at radius 3 is 2.00 bits per heavy atom. The number of hydrogen-bond donors (Lipinski definition) is 0. The van der Waals surface area contributed by atoms with E-state index in [0.29, 0.717) is 24.0 Å². The maximum atomic E-state index is 13.1. The number of hydrogen-bond acceptors (Lipinski definition) is 1. The molecule has 1 nitrogen and oxygen atoms in total. The molecule has 0 heterocycles. The van der Waals surface area contributed by atoms with Crippen molar-refractivity contribution in [2.24, 2.45) is 0 Å². The van der Waals surface area contributed by atoms with Gasteiger partial charge in [0.25, 0.3) is 0 Å². The van der Waals surface area contributed by atoms with Gasteiger partial charge in [-0.3, -0.25) is 4.79 Å². The molecule has 0 bridgehead atoms. The van der Waals surface area contributed by atoms with Gasteiger partial charge >= 0.3 is 6.18 Å². The summed E-state index contributed by atoms with van der Waals surface area (Å²) < 4.78 is 38.4. The molecule has 0 radical (unpaired) electrons. The molecule has 0 aliphatic rings. The highest BCUT2D eigenvalue weighted by molar-refractivity contribution is 6.04. The van der Waals surface area contributed by atoms with Gasteiger partial charge in [0.15, 0.2) is 5.78 Å². The fourth-order valence-corrected chi connectivity index (χ4v) is 2.94. The van der Waals surface area contributed by atoms with Gasteiger partial charge < -0.3 is 0 Å². The molecule has 126 valence electrons. The topological polar surface area (TPSA) is 17.1 Å². The van der Waals surface area contributed by atoms with Crippen LogP contribution in [0.15, 0.2) is 67.3 Å². The Morgan fingerprint density at radius 1 is 1.00 bits per heavy atom. The van der Waals surface area contributed by atoms with E-state index in [9.17, 15) is 18.0 Å². The second-order valence-corrected chi connectivity index (χ2v) is 5.70. The second kappa shape index (κ2) is 7.04. The Hall–Kier alpha value is -2.36. The maximum Gasteiger partial charge on any atom is 0.416 e. The fraction of sp³-hybridized carbons (Fsp3) is 0.250. The van der Waals surface area contributed by atoms with Crippen LogP contribution in [0, 0.1) is 0 Å². The predicted molar refractivity (Wildman–Crippen MR) is 89.0 cm³/mol. The van der Waals surface area contributed by atoms with E-state index < -0.39 is 17.2 Å². The lowest BCUT2D eigenvalue weighted by molar-refractivity contribution is -0.137. The Bertz CT molecular complexity index is 702. The van der Waals surface area contributed by atoms with Gasteiger partial charge in [-0.05, 0) is 30.5 Å². The van der Waals surface area contributed by atoms with Crippen molar-refractivity contribution in [1.82, 2.24) is 0 Å². The highest BCUT2D eigenvalue weighted by atomic mass is 19.4. The van der Waals surface area contributed by atoms with E-state index in [1.807, 2.05) is 13.0 Å². The smallest absolute Gasteiger partial charge is 0.293 e. The summed E-state index contributed by atoms with van der Waals surface area (Å²) in [6, 6.07) is 13.7. The number of allylic oxidation sites excluding steroid dienone is 1. The molecule has 0 aliphatic carbocycles. The lowest BCUT2D eigenvalue weighted by Crippen LogP contribution is -2.35.